The van der Waals surface area contributed by atoms with Crippen LogP contribution in [0.1, 0.15) is 22.9 Å². The third-order valence-corrected chi connectivity index (χ3v) is 6.92. The van der Waals surface area contributed by atoms with Crippen molar-refractivity contribution in [1.29, 1.82) is 0 Å². The van der Waals surface area contributed by atoms with Gasteiger partial charge in [-0.3, -0.25) is 15.7 Å². The largest absolute Gasteiger partial charge is 0.471 e. The van der Waals surface area contributed by atoms with Crippen LogP contribution in [-0.2, 0) is 0 Å². The molecule has 1 atom stereocenters. The van der Waals surface area contributed by atoms with Crippen molar-refractivity contribution in [2.75, 3.05) is 42.3 Å². The van der Waals surface area contributed by atoms with Crippen molar-refractivity contribution in [2.24, 2.45) is 10.7 Å². The average molecular weight is 521 g/mol. The highest BCUT2D eigenvalue weighted by molar-refractivity contribution is 7.99. The highest BCUT2D eigenvalue weighted by Gasteiger charge is 2.21. The summed E-state index contributed by atoms with van der Waals surface area (Å²) in [7, 11) is 1.57. The quantitative estimate of drug-likeness (QED) is 0.279. The maximum atomic E-state index is 15.2. The Balaban J connectivity index is 1.62. The summed E-state index contributed by atoms with van der Waals surface area (Å²) >= 11 is 14.3. The Morgan fingerprint density at radius 2 is 1.85 bits per heavy atom. The summed E-state index contributed by atoms with van der Waals surface area (Å²) in [5.74, 6) is 2.56. The molecule has 0 saturated carbocycles. The molecule has 0 amide bonds. The molecule has 0 unspecified atom stereocenters. The Bertz CT molecular complexity index is 1200. The van der Waals surface area contributed by atoms with Gasteiger partial charge in [0.05, 0.1) is 21.3 Å². The van der Waals surface area contributed by atoms with E-state index in [-0.39, 0.29) is 15.6 Å². The van der Waals surface area contributed by atoms with E-state index in [1.807, 2.05) is 11.8 Å². The first kappa shape index (κ1) is 24.5. The van der Waals surface area contributed by atoms with Crippen molar-refractivity contribution in [3.8, 4) is 5.75 Å². The maximum Gasteiger partial charge on any atom is 0.177 e. The van der Waals surface area contributed by atoms with Gasteiger partial charge in [0.15, 0.2) is 6.23 Å². The predicted molar refractivity (Wildman–Crippen MR) is 138 cm³/mol. The number of thioether (sulfide) groups is 1. The summed E-state index contributed by atoms with van der Waals surface area (Å²) in [5.41, 5.74) is 14.3. The number of benzene rings is 1. The van der Waals surface area contributed by atoms with Crippen molar-refractivity contribution < 1.29 is 9.13 Å². The molecule has 1 fully saturated rings. The minimum Gasteiger partial charge on any atom is -0.471 e. The monoisotopic (exact) mass is 520 g/mol. The number of nitrogens with zero attached hydrogens (tertiary/aromatic N) is 4. The Labute approximate surface area is 211 Å². The minimum absolute atomic E-state index is 0.242. The van der Waals surface area contributed by atoms with Crippen LogP contribution in [0.15, 0.2) is 47.8 Å². The smallest absolute Gasteiger partial charge is 0.177 e. The van der Waals surface area contributed by atoms with Gasteiger partial charge in [0.1, 0.15) is 17.4 Å². The third-order valence-electron chi connectivity index (χ3n) is 5.37. The van der Waals surface area contributed by atoms with Crippen LogP contribution < -0.4 is 21.1 Å². The Hall–Kier alpha value is -2.59. The van der Waals surface area contributed by atoms with Crippen molar-refractivity contribution in [2.45, 2.75) is 6.23 Å². The van der Waals surface area contributed by atoms with Crippen LogP contribution in [0.2, 0.25) is 10.0 Å². The summed E-state index contributed by atoms with van der Waals surface area (Å²) in [5, 5.41) is 0.569. The van der Waals surface area contributed by atoms with Crippen LogP contribution in [0.3, 0.4) is 0 Å². The lowest BCUT2D eigenvalue weighted by Crippen LogP contribution is -2.33. The van der Waals surface area contributed by atoms with Gasteiger partial charge in [-0.15, -0.1) is 0 Å². The number of pyridine rings is 2. The number of rotatable bonds is 6. The zero-order valence-corrected chi connectivity index (χ0v) is 20.7. The molecule has 0 bridgehead atoms. The van der Waals surface area contributed by atoms with E-state index in [9.17, 15) is 0 Å². The summed E-state index contributed by atoms with van der Waals surface area (Å²) < 4.78 is 21.1. The van der Waals surface area contributed by atoms with E-state index in [0.717, 1.165) is 24.6 Å². The molecule has 4 rings (SSSR count). The van der Waals surface area contributed by atoms with E-state index in [0.29, 0.717) is 34.1 Å². The number of aromatic nitrogens is 2. The van der Waals surface area contributed by atoms with E-state index in [2.05, 4.69) is 19.9 Å². The molecule has 1 aliphatic heterocycles. The van der Waals surface area contributed by atoms with E-state index in [1.165, 1.54) is 24.7 Å². The molecule has 0 aliphatic carbocycles. The van der Waals surface area contributed by atoms with Crippen molar-refractivity contribution >= 4 is 52.2 Å². The van der Waals surface area contributed by atoms with E-state index in [1.54, 1.807) is 25.2 Å². The van der Waals surface area contributed by atoms with Gasteiger partial charge >= 0.3 is 0 Å². The van der Waals surface area contributed by atoms with E-state index in [4.69, 9.17) is 39.4 Å². The van der Waals surface area contributed by atoms with Crippen molar-refractivity contribution in [3.63, 3.8) is 0 Å². The SMILES string of the molecule is CN=C(c1cc(O[C@H](N)c2c(Cl)cncc2Cl)ccc1N)c1cnc(N2CCSCC2)cc1F. The van der Waals surface area contributed by atoms with E-state index >= 15 is 4.39 Å². The lowest BCUT2D eigenvalue weighted by Gasteiger charge is -2.27. The Kier molecular flexibility index (Phi) is 7.77. The third kappa shape index (κ3) is 5.22. The molecule has 4 N–H and O–H groups in total. The van der Waals surface area contributed by atoms with Gasteiger partial charge in [-0.25, -0.2) is 9.37 Å². The van der Waals surface area contributed by atoms with Crippen molar-refractivity contribution in [1.82, 2.24) is 9.97 Å². The van der Waals surface area contributed by atoms with Crippen LogP contribution in [0.4, 0.5) is 15.9 Å². The molecule has 11 heteroatoms. The first-order chi connectivity index (χ1) is 16.4. The zero-order valence-electron chi connectivity index (χ0n) is 18.3. The number of nitrogen functional groups attached to an aromatic ring is 1. The summed E-state index contributed by atoms with van der Waals surface area (Å²) in [4.78, 5) is 14.8. The first-order valence-corrected chi connectivity index (χ1v) is 12.4. The normalized spacial score (nSPS) is 15.3. The molecule has 7 nitrogen and oxygen atoms in total. The highest BCUT2D eigenvalue weighted by atomic mass is 35.5. The van der Waals surface area contributed by atoms with Gasteiger partial charge in [0, 0.05) is 73.1 Å². The molecule has 1 saturated heterocycles. The highest BCUT2D eigenvalue weighted by Crippen LogP contribution is 2.32. The maximum absolute atomic E-state index is 15.2. The Morgan fingerprint density at radius 3 is 2.50 bits per heavy atom. The van der Waals surface area contributed by atoms with Crippen LogP contribution in [0, 0.1) is 5.82 Å². The molecule has 0 radical (unpaired) electrons. The number of ether oxygens (including phenoxy) is 1. The van der Waals surface area contributed by atoms with Gasteiger partial charge < -0.3 is 15.4 Å². The lowest BCUT2D eigenvalue weighted by atomic mass is 10.0. The topological polar surface area (TPSA) is 103 Å². The number of nitrogens with two attached hydrogens (primary N) is 2. The second kappa shape index (κ2) is 10.8. The fourth-order valence-electron chi connectivity index (χ4n) is 3.66. The van der Waals surface area contributed by atoms with Crippen molar-refractivity contribution in [3.05, 3.63) is 75.4 Å². The van der Waals surface area contributed by atoms with Crippen LogP contribution in [0.25, 0.3) is 0 Å². The Morgan fingerprint density at radius 1 is 1.15 bits per heavy atom. The summed E-state index contributed by atoms with van der Waals surface area (Å²) in [6.07, 6.45) is 3.40. The number of aliphatic imine (C=N–C) groups is 1. The number of anilines is 2. The second-order valence-corrected chi connectivity index (χ2v) is 9.54. The van der Waals surface area contributed by atoms with E-state index < -0.39 is 12.0 Å². The average Bonchev–Trinajstić information content (AvgIpc) is 2.83. The fourth-order valence-corrected chi connectivity index (χ4v) is 5.14. The molecular weight excluding hydrogens is 498 g/mol. The fraction of sp³-hybridized carbons (Fsp3) is 0.261. The lowest BCUT2D eigenvalue weighted by molar-refractivity contribution is 0.214. The molecule has 3 aromatic rings. The molecule has 1 aliphatic rings. The van der Waals surface area contributed by atoms with Gasteiger partial charge in [-0.1, -0.05) is 23.2 Å². The first-order valence-electron chi connectivity index (χ1n) is 10.5. The molecule has 1 aromatic carbocycles. The predicted octanol–water partition coefficient (Wildman–Crippen LogP) is 4.56. The summed E-state index contributed by atoms with van der Waals surface area (Å²) in [6.45, 7) is 1.67. The number of halogens is 3. The van der Waals surface area contributed by atoms with Gasteiger partial charge in [-0.05, 0) is 18.2 Å². The van der Waals surface area contributed by atoms with Gasteiger partial charge in [0.25, 0.3) is 0 Å². The standard InChI is InChI=1S/C23H23Cl2FN6OS/c1-29-22(15-10-31-20(9-18(15)26)32-4-6-34-7-5-32)14-8-13(2-3-19(14)27)33-23(28)21-16(24)11-30-12-17(21)25/h2-3,8-12,23H,4-7,27-28H2,1H3/t23-/m0/s1. The van der Waals surface area contributed by atoms with Gasteiger partial charge in [0.2, 0.25) is 0 Å². The zero-order chi connectivity index (χ0) is 24.2. The number of hydrogen-bond donors (Lipinski definition) is 2. The molecule has 2 aromatic heterocycles. The second-order valence-electron chi connectivity index (χ2n) is 7.50. The van der Waals surface area contributed by atoms with Crippen LogP contribution >= 0.6 is 35.0 Å². The van der Waals surface area contributed by atoms with Crippen LogP contribution in [0.5, 0.6) is 5.75 Å². The molecule has 0 spiro atoms. The summed E-state index contributed by atoms with van der Waals surface area (Å²) in [6, 6.07) is 6.39. The molecule has 178 valence electrons. The molecular formula is C23H23Cl2FN6OS. The van der Waals surface area contributed by atoms with Gasteiger partial charge in [-0.2, -0.15) is 11.8 Å². The number of hydrogen-bond acceptors (Lipinski definition) is 8. The molecule has 34 heavy (non-hydrogen) atoms. The van der Waals surface area contributed by atoms with Crippen LogP contribution in [-0.4, -0.2) is 47.3 Å². The molecule has 3 heterocycles. The minimum atomic E-state index is -0.957.